The molecule has 1 aromatic carbocycles. The topological polar surface area (TPSA) is 74.8 Å². The molecule has 1 heterocycles. The summed E-state index contributed by atoms with van der Waals surface area (Å²) in [6, 6.07) is 7.21. The summed E-state index contributed by atoms with van der Waals surface area (Å²) in [4.78, 5) is 28.2. The van der Waals surface area contributed by atoms with Crippen LogP contribution in [0, 0.1) is 6.92 Å². The van der Waals surface area contributed by atoms with Gasteiger partial charge in [-0.25, -0.2) is 4.98 Å². The molecule has 1 aromatic heterocycles. The van der Waals surface area contributed by atoms with Gasteiger partial charge in [0.25, 0.3) is 5.56 Å². The van der Waals surface area contributed by atoms with E-state index < -0.39 is 5.51 Å². The second-order valence-corrected chi connectivity index (χ2v) is 7.31. The first-order valence-electron chi connectivity index (χ1n) is 8.31. The SMILES string of the molecule is CC(NC=O)c1ccc(SC(F)(F)F)cc1.Cc1cc(=O)[nH]c(C2CC2)n1. The van der Waals surface area contributed by atoms with Gasteiger partial charge in [0, 0.05) is 22.6 Å². The molecule has 1 aliphatic carbocycles. The van der Waals surface area contributed by atoms with E-state index in [0.29, 0.717) is 12.3 Å². The minimum absolute atomic E-state index is 0.0283. The molecule has 0 aliphatic heterocycles. The number of carbonyl (C=O) groups is 1. The van der Waals surface area contributed by atoms with Crippen LogP contribution in [0.15, 0.2) is 40.0 Å². The number of aromatic nitrogens is 2. The third-order valence-corrected chi connectivity index (χ3v) is 4.52. The molecule has 27 heavy (non-hydrogen) atoms. The highest BCUT2D eigenvalue weighted by molar-refractivity contribution is 8.00. The van der Waals surface area contributed by atoms with Crippen LogP contribution in [0.1, 0.15) is 48.8 Å². The Morgan fingerprint density at radius 1 is 1.30 bits per heavy atom. The number of halogens is 3. The Bertz CT molecular complexity index is 818. The molecule has 1 unspecified atom stereocenters. The van der Waals surface area contributed by atoms with Crippen molar-refractivity contribution in [2.45, 2.75) is 49.1 Å². The van der Waals surface area contributed by atoms with Gasteiger partial charge in [-0.2, -0.15) is 13.2 Å². The third-order valence-electron chi connectivity index (χ3n) is 3.78. The molecule has 1 saturated carbocycles. The Balaban J connectivity index is 0.000000206. The zero-order chi connectivity index (χ0) is 20.0. The standard InChI is InChI=1S/C10H10F3NOS.C8H10N2O/c1-7(14-6-15)8-2-4-9(5-3-8)16-10(11,12)13;1-5-4-7(11)10-8(9-5)6-2-3-6/h2-7H,1H3,(H,14,15);4,6H,2-3H2,1H3,(H,9,10,11). The molecule has 1 amide bonds. The van der Waals surface area contributed by atoms with Crippen molar-refractivity contribution in [3.63, 3.8) is 0 Å². The summed E-state index contributed by atoms with van der Waals surface area (Å²) < 4.78 is 36.1. The first-order valence-corrected chi connectivity index (χ1v) is 9.13. The van der Waals surface area contributed by atoms with Gasteiger partial charge in [0.05, 0.1) is 6.04 Å². The summed E-state index contributed by atoms with van der Waals surface area (Å²) >= 11 is -0.155. The van der Waals surface area contributed by atoms with Crippen molar-refractivity contribution >= 4 is 18.2 Å². The fraction of sp³-hybridized carbons (Fsp3) is 0.389. The van der Waals surface area contributed by atoms with Gasteiger partial charge in [0.2, 0.25) is 6.41 Å². The van der Waals surface area contributed by atoms with Crippen LogP contribution in [-0.4, -0.2) is 21.9 Å². The Hall–Kier alpha value is -2.29. The van der Waals surface area contributed by atoms with Crippen molar-refractivity contribution in [1.82, 2.24) is 15.3 Å². The second-order valence-electron chi connectivity index (χ2n) is 6.17. The number of aromatic amines is 1. The highest BCUT2D eigenvalue weighted by Gasteiger charge is 2.29. The smallest absolute Gasteiger partial charge is 0.352 e. The lowest BCUT2D eigenvalue weighted by molar-refractivity contribution is -0.110. The van der Waals surface area contributed by atoms with Crippen molar-refractivity contribution in [3.05, 3.63) is 57.8 Å². The van der Waals surface area contributed by atoms with Gasteiger partial charge in [0.1, 0.15) is 5.82 Å². The summed E-state index contributed by atoms with van der Waals surface area (Å²) in [5.41, 5.74) is -2.72. The lowest BCUT2D eigenvalue weighted by Gasteiger charge is -2.11. The highest BCUT2D eigenvalue weighted by atomic mass is 32.2. The number of nitrogens with one attached hydrogen (secondary N) is 2. The van der Waals surface area contributed by atoms with Gasteiger partial charge < -0.3 is 10.3 Å². The Morgan fingerprint density at radius 2 is 1.93 bits per heavy atom. The maximum absolute atomic E-state index is 12.0. The molecule has 0 spiro atoms. The van der Waals surface area contributed by atoms with Gasteiger partial charge >= 0.3 is 5.51 Å². The van der Waals surface area contributed by atoms with E-state index >= 15 is 0 Å². The Kier molecular flexibility index (Phi) is 7.06. The number of hydrogen-bond donors (Lipinski definition) is 2. The van der Waals surface area contributed by atoms with E-state index in [1.807, 2.05) is 6.92 Å². The number of H-pyrrole nitrogens is 1. The lowest BCUT2D eigenvalue weighted by Crippen LogP contribution is -2.15. The lowest BCUT2D eigenvalue weighted by atomic mass is 10.1. The van der Waals surface area contributed by atoms with Crippen molar-refractivity contribution in [1.29, 1.82) is 0 Å². The number of thioether (sulfide) groups is 1. The maximum atomic E-state index is 12.0. The van der Waals surface area contributed by atoms with Crippen LogP contribution in [0.4, 0.5) is 13.2 Å². The number of nitrogens with zero attached hydrogens (tertiary/aromatic N) is 1. The normalized spacial score (nSPS) is 14.7. The molecule has 0 bridgehead atoms. The Morgan fingerprint density at radius 3 is 2.41 bits per heavy atom. The molecule has 0 radical (unpaired) electrons. The largest absolute Gasteiger partial charge is 0.446 e. The third kappa shape index (κ3) is 7.46. The molecule has 5 nitrogen and oxygen atoms in total. The van der Waals surface area contributed by atoms with Crippen LogP contribution in [0.25, 0.3) is 0 Å². The van der Waals surface area contributed by atoms with Crippen LogP contribution in [0.3, 0.4) is 0 Å². The van der Waals surface area contributed by atoms with Crippen LogP contribution in [-0.2, 0) is 4.79 Å². The van der Waals surface area contributed by atoms with Crippen LogP contribution in [0.2, 0.25) is 0 Å². The molecule has 2 N–H and O–H groups in total. The number of aryl methyl sites for hydroxylation is 1. The number of amides is 1. The summed E-state index contributed by atoms with van der Waals surface area (Å²) in [6.07, 6.45) is 2.90. The number of alkyl halides is 3. The summed E-state index contributed by atoms with van der Waals surface area (Å²) in [6.45, 7) is 3.60. The van der Waals surface area contributed by atoms with Crippen molar-refractivity contribution in [2.24, 2.45) is 0 Å². The Labute approximate surface area is 158 Å². The van der Waals surface area contributed by atoms with Gasteiger partial charge in [-0.1, -0.05) is 12.1 Å². The van der Waals surface area contributed by atoms with Crippen molar-refractivity contribution < 1.29 is 18.0 Å². The maximum Gasteiger partial charge on any atom is 0.446 e. The van der Waals surface area contributed by atoms with E-state index in [9.17, 15) is 22.8 Å². The molecule has 2 aromatic rings. The molecule has 1 aliphatic rings. The molecule has 1 atom stereocenters. The van der Waals surface area contributed by atoms with Crippen molar-refractivity contribution in [3.8, 4) is 0 Å². The molecule has 0 saturated heterocycles. The summed E-state index contributed by atoms with van der Waals surface area (Å²) in [5.74, 6) is 1.40. The van der Waals surface area contributed by atoms with Crippen LogP contribution in [0.5, 0.6) is 0 Å². The fourth-order valence-corrected chi connectivity index (χ4v) is 2.85. The van der Waals surface area contributed by atoms with Gasteiger partial charge in [-0.05, 0) is 56.1 Å². The predicted octanol–water partition coefficient (Wildman–Crippen LogP) is 4.06. The predicted molar refractivity (Wildman–Crippen MR) is 97.5 cm³/mol. The average Bonchev–Trinajstić information content (AvgIpc) is 3.39. The number of benzene rings is 1. The van der Waals surface area contributed by atoms with E-state index in [1.165, 1.54) is 31.0 Å². The first-order chi connectivity index (χ1) is 12.7. The van der Waals surface area contributed by atoms with E-state index in [2.05, 4.69) is 15.3 Å². The average molecular weight is 399 g/mol. The van der Waals surface area contributed by atoms with E-state index in [0.717, 1.165) is 17.1 Å². The van der Waals surface area contributed by atoms with Crippen LogP contribution >= 0.6 is 11.8 Å². The first kappa shape index (κ1) is 21.0. The molecule has 3 rings (SSSR count). The minimum atomic E-state index is -4.27. The molecule has 146 valence electrons. The van der Waals surface area contributed by atoms with Crippen LogP contribution < -0.4 is 10.9 Å². The van der Waals surface area contributed by atoms with E-state index in [1.54, 1.807) is 19.1 Å². The zero-order valence-electron chi connectivity index (χ0n) is 14.8. The number of carbonyl (C=O) groups excluding carboxylic acids is 1. The van der Waals surface area contributed by atoms with Gasteiger partial charge in [-0.15, -0.1) is 0 Å². The fourth-order valence-electron chi connectivity index (χ4n) is 2.31. The number of hydrogen-bond acceptors (Lipinski definition) is 4. The molecular formula is C18H20F3N3O2S. The number of rotatable bonds is 5. The van der Waals surface area contributed by atoms with Gasteiger partial charge in [-0.3, -0.25) is 9.59 Å². The summed E-state index contributed by atoms with van der Waals surface area (Å²) in [5, 5.41) is 2.52. The second kappa shape index (κ2) is 9.07. The minimum Gasteiger partial charge on any atom is -0.352 e. The molecular weight excluding hydrogens is 379 g/mol. The van der Waals surface area contributed by atoms with E-state index in [4.69, 9.17) is 0 Å². The summed E-state index contributed by atoms with van der Waals surface area (Å²) in [7, 11) is 0. The molecule has 1 fully saturated rings. The molecule has 9 heteroatoms. The van der Waals surface area contributed by atoms with Crippen molar-refractivity contribution in [2.75, 3.05) is 0 Å². The quantitative estimate of drug-likeness (QED) is 0.587. The highest BCUT2D eigenvalue weighted by Crippen LogP contribution is 2.37. The zero-order valence-corrected chi connectivity index (χ0v) is 15.7. The van der Waals surface area contributed by atoms with Gasteiger partial charge in [0.15, 0.2) is 0 Å². The monoisotopic (exact) mass is 399 g/mol. The van der Waals surface area contributed by atoms with E-state index in [-0.39, 0.29) is 28.3 Å².